The Bertz CT molecular complexity index is 483. The van der Waals surface area contributed by atoms with E-state index in [9.17, 15) is 18.4 Å². The van der Waals surface area contributed by atoms with E-state index in [4.69, 9.17) is 4.42 Å². The highest BCUT2D eigenvalue weighted by atomic mass is 32.2. The molecule has 0 bridgehead atoms. The fourth-order valence-electron chi connectivity index (χ4n) is 1.84. The van der Waals surface area contributed by atoms with E-state index in [1.54, 1.807) is 0 Å². The van der Waals surface area contributed by atoms with Gasteiger partial charge in [0.2, 0.25) is 5.91 Å². The molecular formula is C12H14F2N2O3S. The minimum absolute atomic E-state index is 0.0183. The number of nitrogens with one attached hydrogen (secondary N) is 2. The highest BCUT2D eigenvalue weighted by molar-refractivity contribution is 7.98. The highest BCUT2D eigenvalue weighted by Gasteiger charge is 2.21. The number of thioether (sulfide) groups is 1. The molecule has 8 heteroatoms. The summed E-state index contributed by atoms with van der Waals surface area (Å²) in [6.45, 7) is 0.388. The molecule has 0 saturated carbocycles. The summed E-state index contributed by atoms with van der Waals surface area (Å²) >= 11 is 0.439. The Morgan fingerprint density at radius 2 is 2.35 bits per heavy atom. The lowest BCUT2D eigenvalue weighted by Crippen LogP contribution is -2.47. The summed E-state index contributed by atoms with van der Waals surface area (Å²) in [7, 11) is 0. The van der Waals surface area contributed by atoms with Crippen molar-refractivity contribution in [3.63, 3.8) is 0 Å². The van der Waals surface area contributed by atoms with Gasteiger partial charge in [-0.1, -0.05) is 11.8 Å². The van der Waals surface area contributed by atoms with Crippen LogP contribution in [0.25, 0.3) is 0 Å². The minimum Gasteiger partial charge on any atom is -0.455 e. The fraction of sp³-hybridized carbons (Fsp3) is 0.500. The van der Waals surface area contributed by atoms with Gasteiger partial charge in [-0.2, -0.15) is 8.78 Å². The molecule has 1 aromatic heterocycles. The van der Waals surface area contributed by atoms with E-state index in [0.29, 0.717) is 36.9 Å². The lowest BCUT2D eigenvalue weighted by atomic mass is 10.1. The zero-order valence-electron chi connectivity index (χ0n) is 10.5. The molecule has 2 heterocycles. The summed E-state index contributed by atoms with van der Waals surface area (Å²) in [4.78, 5) is 22.9. The van der Waals surface area contributed by atoms with Crippen molar-refractivity contribution in [2.45, 2.75) is 30.4 Å². The molecule has 1 aromatic rings. The van der Waals surface area contributed by atoms with Crippen molar-refractivity contribution >= 4 is 23.6 Å². The Kier molecular flexibility index (Phi) is 4.99. The number of alkyl halides is 2. The monoisotopic (exact) mass is 304 g/mol. The van der Waals surface area contributed by atoms with Crippen molar-refractivity contribution in [2.24, 2.45) is 0 Å². The normalized spacial score (nSPS) is 18.9. The van der Waals surface area contributed by atoms with Crippen molar-refractivity contribution in [3.8, 4) is 0 Å². The lowest BCUT2D eigenvalue weighted by molar-refractivity contribution is -0.122. The van der Waals surface area contributed by atoms with Crippen molar-refractivity contribution in [1.29, 1.82) is 0 Å². The summed E-state index contributed by atoms with van der Waals surface area (Å²) in [5.74, 6) is -2.46. The SMILES string of the molecule is O=C1CCC(NC(=O)c2ccc(CSC(F)F)o2)CN1. The van der Waals surface area contributed by atoms with Gasteiger partial charge in [-0.05, 0) is 18.6 Å². The van der Waals surface area contributed by atoms with Gasteiger partial charge >= 0.3 is 0 Å². The van der Waals surface area contributed by atoms with Gasteiger partial charge in [-0.3, -0.25) is 9.59 Å². The van der Waals surface area contributed by atoms with E-state index < -0.39 is 11.7 Å². The maximum atomic E-state index is 12.0. The first kappa shape index (κ1) is 14.8. The standard InChI is InChI=1S/C12H14F2N2O3S/c13-12(14)20-6-8-2-3-9(19-8)11(18)16-7-1-4-10(17)15-5-7/h2-3,7,12H,1,4-6H2,(H,15,17)(H,16,18). The van der Waals surface area contributed by atoms with Crippen molar-refractivity contribution in [2.75, 3.05) is 6.54 Å². The number of amides is 2. The largest absolute Gasteiger partial charge is 0.455 e. The van der Waals surface area contributed by atoms with Gasteiger partial charge in [0.25, 0.3) is 11.7 Å². The molecule has 5 nitrogen and oxygen atoms in total. The molecule has 0 aliphatic carbocycles. The summed E-state index contributed by atoms with van der Waals surface area (Å²) in [6, 6.07) is 2.83. The van der Waals surface area contributed by atoms with Gasteiger partial charge in [0.05, 0.1) is 5.75 Å². The average molecular weight is 304 g/mol. The molecule has 110 valence electrons. The maximum absolute atomic E-state index is 12.0. The molecule has 0 radical (unpaired) electrons. The minimum atomic E-state index is -2.47. The summed E-state index contributed by atoms with van der Waals surface area (Å²) in [5, 5.41) is 5.39. The van der Waals surface area contributed by atoms with Crippen LogP contribution in [0, 0.1) is 0 Å². The van der Waals surface area contributed by atoms with E-state index in [-0.39, 0.29) is 23.5 Å². The van der Waals surface area contributed by atoms with Crippen LogP contribution < -0.4 is 10.6 Å². The number of piperidine rings is 1. The highest BCUT2D eigenvalue weighted by Crippen LogP contribution is 2.21. The van der Waals surface area contributed by atoms with Crippen molar-refractivity contribution < 1.29 is 22.8 Å². The smallest absolute Gasteiger partial charge is 0.287 e. The number of halogens is 2. The topological polar surface area (TPSA) is 71.3 Å². The lowest BCUT2D eigenvalue weighted by Gasteiger charge is -2.22. The molecule has 1 saturated heterocycles. The number of carbonyl (C=O) groups is 2. The average Bonchev–Trinajstić information content (AvgIpc) is 2.88. The first-order valence-electron chi connectivity index (χ1n) is 6.10. The predicted octanol–water partition coefficient (Wildman–Crippen LogP) is 1.74. The number of furan rings is 1. The van der Waals surface area contributed by atoms with Crippen LogP contribution in [0.15, 0.2) is 16.5 Å². The zero-order valence-corrected chi connectivity index (χ0v) is 11.3. The second kappa shape index (κ2) is 6.74. The van der Waals surface area contributed by atoms with Gasteiger partial charge in [0.1, 0.15) is 5.76 Å². The Balaban J connectivity index is 1.84. The van der Waals surface area contributed by atoms with E-state index in [1.807, 2.05) is 0 Å². The van der Waals surface area contributed by atoms with Gasteiger partial charge in [0.15, 0.2) is 5.76 Å². The quantitative estimate of drug-likeness (QED) is 0.869. The second-order valence-corrected chi connectivity index (χ2v) is 5.33. The molecule has 2 N–H and O–H groups in total. The summed E-state index contributed by atoms with van der Waals surface area (Å²) in [6.07, 6.45) is 0.950. The molecule has 1 atom stereocenters. The van der Waals surface area contributed by atoms with Crippen LogP contribution in [0.1, 0.15) is 29.2 Å². The number of rotatable bonds is 5. The van der Waals surface area contributed by atoms with Crippen LogP contribution >= 0.6 is 11.8 Å². The third-order valence-corrected chi connectivity index (χ3v) is 3.54. The Labute approximate surface area is 118 Å². The third kappa shape index (κ3) is 4.22. The van der Waals surface area contributed by atoms with E-state index >= 15 is 0 Å². The third-order valence-electron chi connectivity index (χ3n) is 2.84. The molecule has 1 aliphatic heterocycles. The summed E-state index contributed by atoms with van der Waals surface area (Å²) in [5.41, 5.74) is 0. The molecule has 20 heavy (non-hydrogen) atoms. The Morgan fingerprint density at radius 3 is 3.00 bits per heavy atom. The van der Waals surface area contributed by atoms with E-state index in [2.05, 4.69) is 10.6 Å². The fourth-order valence-corrected chi connectivity index (χ4v) is 2.28. The van der Waals surface area contributed by atoms with Crippen LogP contribution in [-0.4, -0.2) is 30.2 Å². The Morgan fingerprint density at radius 1 is 1.55 bits per heavy atom. The van der Waals surface area contributed by atoms with Crippen molar-refractivity contribution in [3.05, 3.63) is 23.7 Å². The molecule has 1 fully saturated rings. The van der Waals surface area contributed by atoms with E-state index in [1.165, 1.54) is 12.1 Å². The van der Waals surface area contributed by atoms with Crippen LogP contribution in [0.5, 0.6) is 0 Å². The van der Waals surface area contributed by atoms with Crippen LogP contribution in [-0.2, 0) is 10.5 Å². The van der Waals surface area contributed by atoms with Crippen molar-refractivity contribution in [1.82, 2.24) is 10.6 Å². The molecule has 0 spiro atoms. The molecule has 1 aliphatic rings. The molecule has 0 aromatic carbocycles. The number of carbonyl (C=O) groups excluding carboxylic acids is 2. The summed E-state index contributed by atoms with van der Waals surface area (Å²) < 4.78 is 29.3. The van der Waals surface area contributed by atoms with E-state index in [0.717, 1.165) is 0 Å². The van der Waals surface area contributed by atoms with Crippen LogP contribution in [0.3, 0.4) is 0 Å². The molecule has 1 unspecified atom stereocenters. The number of hydrogen-bond acceptors (Lipinski definition) is 4. The second-order valence-electron chi connectivity index (χ2n) is 4.35. The number of hydrogen-bond donors (Lipinski definition) is 2. The zero-order chi connectivity index (χ0) is 14.5. The first-order valence-corrected chi connectivity index (χ1v) is 7.15. The predicted molar refractivity (Wildman–Crippen MR) is 69.5 cm³/mol. The van der Waals surface area contributed by atoms with Gasteiger partial charge in [-0.25, -0.2) is 0 Å². The van der Waals surface area contributed by atoms with Gasteiger partial charge in [0, 0.05) is 19.0 Å². The Hall–Kier alpha value is -1.57. The van der Waals surface area contributed by atoms with Gasteiger partial charge < -0.3 is 15.1 Å². The molecular weight excluding hydrogens is 290 g/mol. The van der Waals surface area contributed by atoms with Crippen LogP contribution in [0.4, 0.5) is 8.78 Å². The van der Waals surface area contributed by atoms with Crippen LogP contribution in [0.2, 0.25) is 0 Å². The first-order chi connectivity index (χ1) is 9.54. The van der Waals surface area contributed by atoms with Gasteiger partial charge in [-0.15, -0.1) is 0 Å². The molecule has 2 rings (SSSR count). The molecule has 2 amide bonds. The maximum Gasteiger partial charge on any atom is 0.287 e.